The molecule has 1 aromatic heterocycles. The van der Waals surface area contributed by atoms with E-state index in [-0.39, 0.29) is 6.10 Å². The molecule has 0 fully saturated rings. The molecule has 0 bridgehead atoms. The molecule has 0 atom stereocenters. The Morgan fingerprint density at radius 3 is 2.94 bits per heavy atom. The predicted molar refractivity (Wildman–Crippen MR) is 74.9 cm³/mol. The second-order valence-electron chi connectivity index (χ2n) is 4.39. The van der Waals surface area contributed by atoms with Crippen LogP contribution in [-0.2, 0) is 13.1 Å². The molecular weight excluding hydrogens is 244 g/mol. The summed E-state index contributed by atoms with van der Waals surface area (Å²) >= 11 is 1.67. The van der Waals surface area contributed by atoms with Gasteiger partial charge in [0.1, 0.15) is 5.75 Å². The molecule has 1 aromatic carbocycles. The topological polar surface area (TPSA) is 34.1 Å². The lowest BCUT2D eigenvalue weighted by Crippen LogP contribution is -2.12. The Labute approximate surface area is 112 Å². The Balaban J connectivity index is 1.85. The quantitative estimate of drug-likeness (QED) is 0.868. The molecule has 2 aromatic rings. The third-order valence-corrected chi connectivity index (χ3v) is 3.16. The lowest BCUT2D eigenvalue weighted by atomic mass is 10.2. The highest BCUT2D eigenvalue weighted by atomic mass is 32.1. The van der Waals surface area contributed by atoms with Crippen molar-refractivity contribution in [2.45, 2.75) is 33.0 Å². The van der Waals surface area contributed by atoms with E-state index in [1.807, 2.05) is 37.7 Å². The minimum atomic E-state index is 0.213. The third-order valence-electron chi connectivity index (χ3n) is 2.38. The number of hydrogen-bond donors (Lipinski definition) is 1. The maximum atomic E-state index is 5.67. The van der Waals surface area contributed by atoms with Crippen molar-refractivity contribution in [1.82, 2.24) is 10.3 Å². The van der Waals surface area contributed by atoms with Gasteiger partial charge in [-0.3, -0.25) is 4.98 Å². The smallest absolute Gasteiger partial charge is 0.120 e. The molecule has 96 valence electrons. The summed E-state index contributed by atoms with van der Waals surface area (Å²) in [5.74, 6) is 0.932. The van der Waals surface area contributed by atoms with Gasteiger partial charge in [-0.1, -0.05) is 12.1 Å². The molecule has 0 aliphatic carbocycles. The van der Waals surface area contributed by atoms with Crippen molar-refractivity contribution in [3.63, 3.8) is 0 Å². The zero-order chi connectivity index (χ0) is 12.8. The molecule has 1 N–H and O–H groups in total. The number of benzene rings is 1. The zero-order valence-electron chi connectivity index (χ0n) is 10.7. The molecule has 4 heteroatoms. The summed E-state index contributed by atoms with van der Waals surface area (Å²) in [7, 11) is 0. The van der Waals surface area contributed by atoms with E-state index in [4.69, 9.17) is 4.74 Å². The SMILES string of the molecule is CC(C)Oc1cccc(CNCc2cncs2)c1. The van der Waals surface area contributed by atoms with Crippen LogP contribution in [0.25, 0.3) is 0 Å². The van der Waals surface area contributed by atoms with Gasteiger partial charge in [-0.25, -0.2) is 0 Å². The molecule has 18 heavy (non-hydrogen) atoms. The molecule has 0 saturated heterocycles. The highest BCUT2D eigenvalue weighted by Gasteiger charge is 2.00. The molecule has 2 rings (SSSR count). The van der Waals surface area contributed by atoms with E-state index >= 15 is 0 Å². The van der Waals surface area contributed by atoms with E-state index in [1.165, 1.54) is 10.4 Å². The van der Waals surface area contributed by atoms with Gasteiger partial charge in [0.05, 0.1) is 11.6 Å². The van der Waals surface area contributed by atoms with Crippen molar-refractivity contribution in [3.8, 4) is 5.75 Å². The van der Waals surface area contributed by atoms with Crippen LogP contribution in [0.15, 0.2) is 36.0 Å². The number of ether oxygens (including phenoxy) is 1. The lowest BCUT2D eigenvalue weighted by molar-refractivity contribution is 0.242. The average molecular weight is 262 g/mol. The Hall–Kier alpha value is -1.39. The van der Waals surface area contributed by atoms with Crippen molar-refractivity contribution in [3.05, 3.63) is 46.4 Å². The van der Waals surface area contributed by atoms with Crippen LogP contribution in [0.4, 0.5) is 0 Å². The zero-order valence-corrected chi connectivity index (χ0v) is 11.5. The minimum Gasteiger partial charge on any atom is -0.491 e. The van der Waals surface area contributed by atoms with Gasteiger partial charge in [-0.15, -0.1) is 11.3 Å². The van der Waals surface area contributed by atoms with Crippen molar-refractivity contribution in [1.29, 1.82) is 0 Å². The van der Waals surface area contributed by atoms with Crippen LogP contribution in [0.3, 0.4) is 0 Å². The predicted octanol–water partition coefficient (Wildman–Crippen LogP) is 3.22. The van der Waals surface area contributed by atoms with Gasteiger partial charge in [0.15, 0.2) is 0 Å². The third kappa shape index (κ3) is 4.13. The Morgan fingerprint density at radius 2 is 2.22 bits per heavy atom. The average Bonchev–Trinajstić information content (AvgIpc) is 2.82. The largest absolute Gasteiger partial charge is 0.491 e. The van der Waals surface area contributed by atoms with Crippen LogP contribution in [0.5, 0.6) is 5.75 Å². The first-order chi connectivity index (χ1) is 8.74. The van der Waals surface area contributed by atoms with E-state index in [9.17, 15) is 0 Å². The number of rotatable bonds is 6. The van der Waals surface area contributed by atoms with E-state index in [2.05, 4.69) is 22.4 Å². The maximum Gasteiger partial charge on any atom is 0.120 e. The minimum absolute atomic E-state index is 0.213. The van der Waals surface area contributed by atoms with Crippen LogP contribution < -0.4 is 10.1 Å². The van der Waals surface area contributed by atoms with Crippen LogP contribution in [0, 0.1) is 0 Å². The number of hydrogen-bond acceptors (Lipinski definition) is 4. The fraction of sp³-hybridized carbons (Fsp3) is 0.357. The molecule has 0 unspecified atom stereocenters. The van der Waals surface area contributed by atoms with Crippen LogP contribution in [0.1, 0.15) is 24.3 Å². The standard InChI is InChI=1S/C14H18N2OS/c1-11(2)17-13-5-3-4-12(6-13)7-15-8-14-9-16-10-18-14/h3-6,9-11,15H,7-8H2,1-2H3. The van der Waals surface area contributed by atoms with Gasteiger partial charge in [-0.2, -0.15) is 0 Å². The summed E-state index contributed by atoms with van der Waals surface area (Å²) in [4.78, 5) is 5.31. The lowest BCUT2D eigenvalue weighted by Gasteiger charge is -2.11. The summed E-state index contributed by atoms with van der Waals surface area (Å²) in [6.07, 6.45) is 2.11. The Morgan fingerprint density at radius 1 is 1.33 bits per heavy atom. The number of nitrogens with one attached hydrogen (secondary N) is 1. The summed E-state index contributed by atoms with van der Waals surface area (Å²) in [5, 5.41) is 3.40. The van der Waals surface area contributed by atoms with E-state index in [1.54, 1.807) is 11.3 Å². The second kappa shape index (κ2) is 6.52. The van der Waals surface area contributed by atoms with Crippen molar-refractivity contribution < 1.29 is 4.74 Å². The van der Waals surface area contributed by atoms with Gasteiger partial charge in [-0.05, 0) is 31.5 Å². The van der Waals surface area contributed by atoms with Crippen molar-refractivity contribution in [2.75, 3.05) is 0 Å². The van der Waals surface area contributed by atoms with Gasteiger partial charge in [0.2, 0.25) is 0 Å². The molecule has 0 amide bonds. The van der Waals surface area contributed by atoms with Crippen molar-refractivity contribution in [2.24, 2.45) is 0 Å². The normalized spacial score (nSPS) is 10.8. The highest BCUT2D eigenvalue weighted by Crippen LogP contribution is 2.15. The summed E-state index contributed by atoms with van der Waals surface area (Å²) in [6.45, 7) is 5.77. The number of aromatic nitrogens is 1. The molecule has 1 heterocycles. The van der Waals surface area contributed by atoms with Crippen molar-refractivity contribution >= 4 is 11.3 Å². The fourth-order valence-corrected chi connectivity index (χ4v) is 2.22. The Bertz CT molecular complexity index is 468. The van der Waals surface area contributed by atoms with E-state index in [0.29, 0.717) is 0 Å². The van der Waals surface area contributed by atoms with E-state index < -0.39 is 0 Å². The van der Waals surface area contributed by atoms with E-state index in [0.717, 1.165) is 18.8 Å². The van der Waals surface area contributed by atoms with Crippen LogP contribution >= 0.6 is 11.3 Å². The molecule has 0 aliphatic rings. The first-order valence-corrected chi connectivity index (χ1v) is 6.95. The first kappa shape index (κ1) is 13.1. The first-order valence-electron chi connectivity index (χ1n) is 6.08. The molecular formula is C14H18N2OS. The van der Waals surface area contributed by atoms with Gasteiger partial charge in [0.25, 0.3) is 0 Å². The molecule has 0 radical (unpaired) electrons. The second-order valence-corrected chi connectivity index (χ2v) is 5.36. The molecule has 0 spiro atoms. The number of nitrogens with zero attached hydrogens (tertiary/aromatic N) is 1. The molecule has 0 saturated carbocycles. The Kier molecular flexibility index (Phi) is 4.73. The monoisotopic (exact) mass is 262 g/mol. The summed E-state index contributed by atoms with van der Waals surface area (Å²) in [5.41, 5.74) is 3.09. The van der Waals surface area contributed by atoms with Gasteiger partial charge < -0.3 is 10.1 Å². The summed E-state index contributed by atoms with van der Waals surface area (Å²) in [6, 6.07) is 8.21. The van der Waals surface area contributed by atoms with Crippen LogP contribution in [0.2, 0.25) is 0 Å². The van der Waals surface area contributed by atoms with Gasteiger partial charge >= 0.3 is 0 Å². The highest BCUT2D eigenvalue weighted by molar-refractivity contribution is 7.09. The van der Waals surface area contributed by atoms with Gasteiger partial charge in [0, 0.05) is 24.2 Å². The molecule has 3 nitrogen and oxygen atoms in total. The maximum absolute atomic E-state index is 5.67. The fourth-order valence-electron chi connectivity index (χ4n) is 1.66. The van der Waals surface area contributed by atoms with Crippen LogP contribution in [-0.4, -0.2) is 11.1 Å². The number of thiazole rings is 1. The molecule has 0 aliphatic heterocycles. The summed E-state index contributed by atoms with van der Waals surface area (Å²) < 4.78 is 5.67.